The molecule has 0 bridgehead atoms. The molecule has 0 heterocycles. The van der Waals surface area contributed by atoms with E-state index in [2.05, 4.69) is 5.32 Å². The molecular weight excluding hydrogens is 550 g/mol. The molecule has 0 saturated carbocycles. The number of methoxy groups -OCH3 is 1. The van der Waals surface area contributed by atoms with E-state index in [-0.39, 0.29) is 29.6 Å². The summed E-state index contributed by atoms with van der Waals surface area (Å²) in [5.74, 6) is -0.446. The second-order valence-electron chi connectivity index (χ2n) is 9.60. The van der Waals surface area contributed by atoms with Gasteiger partial charge in [-0.05, 0) is 42.7 Å². The monoisotopic (exact) mass is 585 g/mol. The Labute approximate surface area is 241 Å². The van der Waals surface area contributed by atoms with E-state index in [1.807, 2.05) is 68.4 Å². The van der Waals surface area contributed by atoms with Crippen LogP contribution in [0.4, 0.5) is 5.69 Å². The number of sulfonamides is 1. The molecule has 10 heteroatoms. The molecule has 214 valence electrons. The van der Waals surface area contributed by atoms with Gasteiger partial charge in [-0.15, -0.1) is 0 Å². The number of ether oxygens (including phenoxy) is 1. The van der Waals surface area contributed by atoms with Crippen molar-refractivity contribution in [2.45, 2.75) is 39.3 Å². The van der Waals surface area contributed by atoms with Crippen LogP contribution in [0.25, 0.3) is 0 Å². The molecule has 3 aromatic rings. The van der Waals surface area contributed by atoms with Gasteiger partial charge >= 0.3 is 0 Å². The molecule has 0 aliphatic rings. The lowest BCUT2D eigenvalue weighted by Crippen LogP contribution is -2.53. The summed E-state index contributed by atoms with van der Waals surface area (Å²) in [6.45, 7) is 3.96. The number of nitrogens with zero attached hydrogens (tertiary/aromatic N) is 2. The number of rotatable bonds is 13. The van der Waals surface area contributed by atoms with Crippen LogP contribution in [0.5, 0.6) is 5.75 Å². The number of hydrogen-bond donors (Lipinski definition) is 1. The summed E-state index contributed by atoms with van der Waals surface area (Å²) in [7, 11) is -2.44. The van der Waals surface area contributed by atoms with Gasteiger partial charge in [-0.3, -0.25) is 13.9 Å². The first kappa shape index (κ1) is 31.0. The molecule has 3 aromatic carbocycles. The minimum Gasteiger partial charge on any atom is -0.495 e. The van der Waals surface area contributed by atoms with E-state index in [4.69, 9.17) is 16.3 Å². The average Bonchev–Trinajstić information content (AvgIpc) is 2.92. The summed E-state index contributed by atoms with van der Waals surface area (Å²) in [4.78, 5) is 29.0. The van der Waals surface area contributed by atoms with Crippen molar-refractivity contribution < 1.29 is 22.7 Å². The van der Waals surface area contributed by atoms with E-state index in [1.54, 1.807) is 6.07 Å². The molecule has 0 radical (unpaired) electrons. The Morgan fingerprint density at radius 2 is 1.70 bits per heavy atom. The fourth-order valence-corrected chi connectivity index (χ4v) is 5.44. The van der Waals surface area contributed by atoms with Gasteiger partial charge in [0.05, 0.1) is 24.1 Å². The number of aryl methyl sites for hydroxylation is 1. The smallest absolute Gasteiger partial charge is 0.244 e. The lowest BCUT2D eigenvalue weighted by Gasteiger charge is -2.33. The summed E-state index contributed by atoms with van der Waals surface area (Å²) in [5.41, 5.74) is 2.92. The van der Waals surface area contributed by atoms with Crippen molar-refractivity contribution in [2.75, 3.05) is 30.8 Å². The van der Waals surface area contributed by atoms with Crippen LogP contribution in [0.15, 0.2) is 72.8 Å². The van der Waals surface area contributed by atoms with Gasteiger partial charge in [0, 0.05) is 19.5 Å². The van der Waals surface area contributed by atoms with Crippen LogP contribution in [-0.2, 0) is 32.6 Å². The van der Waals surface area contributed by atoms with Crippen LogP contribution in [-0.4, -0.2) is 57.6 Å². The molecule has 0 aliphatic heterocycles. The van der Waals surface area contributed by atoms with Gasteiger partial charge in [-0.2, -0.15) is 0 Å². The number of hydrogen-bond acceptors (Lipinski definition) is 5. The summed E-state index contributed by atoms with van der Waals surface area (Å²) >= 11 is 6.28. The van der Waals surface area contributed by atoms with Crippen molar-refractivity contribution >= 4 is 39.1 Å². The third-order valence-corrected chi connectivity index (χ3v) is 7.79. The van der Waals surface area contributed by atoms with E-state index in [9.17, 15) is 18.0 Å². The minimum atomic E-state index is -3.90. The highest BCUT2D eigenvalue weighted by molar-refractivity contribution is 7.92. The fraction of sp³-hybridized carbons (Fsp3) is 0.333. The molecule has 1 atom stereocenters. The Morgan fingerprint density at radius 1 is 1.00 bits per heavy atom. The zero-order chi connectivity index (χ0) is 29.3. The van der Waals surface area contributed by atoms with E-state index in [0.29, 0.717) is 12.3 Å². The number of halogens is 1. The molecule has 40 heavy (non-hydrogen) atoms. The highest BCUT2D eigenvalue weighted by atomic mass is 35.5. The first-order chi connectivity index (χ1) is 19.0. The molecule has 0 spiro atoms. The summed E-state index contributed by atoms with van der Waals surface area (Å²) in [6.07, 6.45) is 2.02. The number of carbonyl (C=O) groups excluding carboxylic acids is 2. The number of nitrogens with one attached hydrogen (secondary N) is 1. The molecule has 2 amide bonds. The van der Waals surface area contributed by atoms with Crippen LogP contribution in [0.3, 0.4) is 0 Å². The van der Waals surface area contributed by atoms with E-state index in [0.717, 1.165) is 33.7 Å². The summed E-state index contributed by atoms with van der Waals surface area (Å²) in [6, 6.07) is 20.7. The first-order valence-corrected chi connectivity index (χ1v) is 15.2. The highest BCUT2D eigenvalue weighted by Gasteiger charge is 2.33. The predicted molar refractivity (Wildman–Crippen MR) is 159 cm³/mol. The van der Waals surface area contributed by atoms with Crippen LogP contribution in [0.1, 0.15) is 30.0 Å². The molecule has 0 saturated heterocycles. The van der Waals surface area contributed by atoms with Crippen molar-refractivity contribution in [3.05, 3.63) is 94.5 Å². The van der Waals surface area contributed by atoms with Crippen LogP contribution >= 0.6 is 11.6 Å². The van der Waals surface area contributed by atoms with Gasteiger partial charge in [0.25, 0.3) is 0 Å². The van der Waals surface area contributed by atoms with E-state index in [1.165, 1.54) is 24.1 Å². The Kier molecular flexibility index (Phi) is 11.0. The van der Waals surface area contributed by atoms with Crippen molar-refractivity contribution in [3.8, 4) is 5.75 Å². The topological polar surface area (TPSA) is 96.0 Å². The Morgan fingerprint density at radius 3 is 2.30 bits per heavy atom. The maximum Gasteiger partial charge on any atom is 0.244 e. The second-order valence-corrected chi connectivity index (χ2v) is 11.9. The Bertz CT molecular complexity index is 1420. The number of anilines is 1. The standard InChI is InChI=1S/C30H36ClN3O5S/c1-5-16-32-30(36)27(18-23-11-7-6-8-12-23)33(20-24-13-9-10-22(2)17-24)29(35)21-34(40(4,37)38)25-14-15-28(39-3)26(31)19-25/h6-15,17,19,27H,5,16,18,20-21H2,1-4H3,(H,32,36)/t27-/m1/s1. The van der Waals surface area contributed by atoms with Gasteiger partial charge in [-0.25, -0.2) is 8.42 Å². The maximum atomic E-state index is 14.1. The lowest BCUT2D eigenvalue weighted by atomic mass is 10.0. The average molecular weight is 586 g/mol. The molecule has 0 unspecified atom stereocenters. The fourth-order valence-electron chi connectivity index (χ4n) is 4.35. The van der Waals surface area contributed by atoms with Crippen molar-refractivity contribution in [1.82, 2.24) is 10.2 Å². The molecule has 0 aromatic heterocycles. The predicted octanol–water partition coefficient (Wildman–Crippen LogP) is 4.59. The number of carbonyl (C=O) groups is 2. The third kappa shape index (κ3) is 8.47. The minimum absolute atomic E-state index is 0.124. The van der Waals surface area contributed by atoms with Gasteiger partial charge in [0.2, 0.25) is 21.8 Å². The van der Waals surface area contributed by atoms with Gasteiger partial charge in [-0.1, -0.05) is 78.7 Å². The first-order valence-electron chi connectivity index (χ1n) is 13.0. The molecule has 0 aliphatic carbocycles. The molecule has 3 rings (SSSR count). The van der Waals surface area contributed by atoms with Gasteiger partial charge in [0.1, 0.15) is 18.3 Å². The maximum absolute atomic E-state index is 14.1. The summed E-state index contributed by atoms with van der Waals surface area (Å²) < 4.78 is 32.0. The number of amides is 2. The van der Waals surface area contributed by atoms with Crippen LogP contribution in [0.2, 0.25) is 5.02 Å². The highest BCUT2D eigenvalue weighted by Crippen LogP contribution is 2.30. The van der Waals surface area contributed by atoms with Gasteiger partial charge < -0.3 is 15.0 Å². The largest absolute Gasteiger partial charge is 0.495 e. The van der Waals surface area contributed by atoms with Crippen molar-refractivity contribution in [2.24, 2.45) is 0 Å². The van der Waals surface area contributed by atoms with Crippen molar-refractivity contribution in [1.29, 1.82) is 0 Å². The zero-order valence-electron chi connectivity index (χ0n) is 23.3. The van der Waals surface area contributed by atoms with Gasteiger partial charge in [0.15, 0.2) is 0 Å². The molecule has 1 N–H and O–H groups in total. The Balaban J connectivity index is 2.05. The SMILES string of the molecule is CCCNC(=O)[C@@H](Cc1ccccc1)N(Cc1cccc(C)c1)C(=O)CN(c1ccc(OC)c(Cl)c1)S(C)(=O)=O. The van der Waals surface area contributed by atoms with Crippen LogP contribution < -0.4 is 14.4 Å². The zero-order valence-corrected chi connectivity index (χ0v) is 24.8. The molecular formula is C30H36ClN3O5S. The van der Waals surface area contributed by atoms with E-state index >= 15 is 0 Å². The summed E-state index contributed by atoms with van der Waals surface area (Å²) in [5, 5.41) is 3.13. The van der Waals surface area contributed by atoms with Crippen LogP contribution in [0, 0.1) is 6.92 Å². The van der Waals surface area contributed by atoms with Crippen molar-refractivity contribution in [3.63, 3.8) is 0 Å². The quantitative estimate of drug-likeness (QED) is 0.317. The molecule has 0 fully saturated rings. The number of benzene rings is 3. The second kappa shape index (κ2) is 14.2. The lowest BCUT2D eigenvalue weighted by molar-refractivity contribution is -0.140. The third-order valence-electron chi connectivity index (χ3n) is 6.36. The Hall–Kier alpha value is -3.56. The van der Waals surface area contributed by atoms with E-state index < -0.39 is 28.5 Å². The normalized spacial score (nSPS) is 11.9. The molecule has 8 nitrogen and oxygen atoms in total.